The van der Waals surface area contributed by atoms with Gasteiger partial charge in [0.25, 0.3) is 0 Å². The Labute approximate surface area is 117 Å². The highest BCUT2D eigenvalue weighted by atomic mass is 32.2. The Balaban J connectivity index is 2.15. The largest absolute Gasteiger partial charge is 0.355 e. The SMILES string of the molecule is CSc1cc(N(C)Cc2cccc(C#N)c2)ncn1. The lowest BCUT2D eigenvalue weighted by Gasteiger charge is -2.18. The molecular weight excluding hydrogens is 256 g/mol. The molecule has 1 heterocycles. The predicted molar refractivity (Wildman–Crippen MR) is 77.1 cm³/mol. The number of thioether (sulfide) groups is 1. The van der Waals surface area contributed by atoms with Gasteiger partial charge in [-0.15, -0.1) is 11.8 Å². The minimum atomic E-state index is 0.679. The van der Waals surface area contributed by atoms with Crippen molar-refractivity contribution in [1.29, 1.82) is 5.26 Å². The molecule has 0 amide bonds. The summed E-state index contributed by atoms with van der Waals surface area (Å²) >= 11 is 1.59. The number of aromatic nitrogens is 2. The number of nitrogens with zero attached hydrogens (tertiary/aromatic N) is 4. The number of nitriles is 1. The van der Waals surface area contributed by atoms with Crippen LogP contribution in [0, 0.1) is 11.3 Å². The Morgan fingerprint density at radius 3 is 2.89 bits per heavy atom. The fourth-order valence-corrected chi connectivity index (χ4v) is 2.12. The van der Waals surface area contributed by atoms with Crippen LogP contribution >= 0.6 is 11.8 Å². The van der Waals surface area contributed by atoms with E-state index in [4.69, 9.17) is 5.26 Å². The third kappa shape index (κ3) is 3.46. The van der Waals surface area contributed by atoms with Gasteiger partial charge in [-0.05, 0) is 24.0 Å². The first-order chi connectivity index (χ1) is 9.22. The van der Waals surface area contributed by atoms with Crippen LogP contribution in [0.15, 0.2) is 41.7 Å². The molecule has 4 nitrogen and oxygen atoms in total. The van der Waals surface area contributed by atoms with Crippen molar-refractivity contribution >= 4 is 17.6 Å². The summed E-state index contributed by atoms with van der Waals surface area (Å²) in [5.41, 5.74) is 1.77. The molecule has 1 aromatic heterocycles. The number of hydrogen-bond donors (Lipinski definition) is 0. The molecule has 0 bridgehead atoms. The van der Waals surface area contributed by atoms with E-state index in [2.05, 4.69) is 16.0 Å². The van der Waals surface area contributed by atoms with Crippen molar-refractivity contribution in [2.75, 3.05) is 18.2 Å². The van der Waals surface area contributed by atoms with Crippen LogP contribution in [0.4, 0.5) is 5.82 Å². The zero-order valence-corrected chi connectivity index (χ0v) is 11.7. The zero-order valence-electron chi connectivity index (χ0n) is 10.9. The molecule has 0 saturated heterocycles. The molecule has 2 rings (SSSR count). The van der Waals surface area contributed by atoms with Crippen molar-refractivity contribution in [3.8, 4) is 6.07 Å². The van der Waals surface area contributed by atoms with E-state index in [0.717, 1.165) is 16.4 Å². The molecule has 0 aliphatic carbocycles. The lowest BCUT2D eigenvalue weighted by molar-refractivity contribution is 0.878. The van der Waals surface area contributed by atoms with Crippen molar-refractivity contribution in [2.45, 2.75) is 11.6 Å². The van der Waals surface area contributed by atoms with Crippen molar-refractivity contribution in [2.24, 2.45) is 0 Å². The van der Waals surface area contributed by atoms with Gasteiger partial charge in [-0.3, -0.25) is 0 Å². The zero-order chi connectivity index (χ0) is 13.7. The van der Waals surface area contributed by atoms with Crippen molar-refractivity contribution in [3.05, 3.63) is 47.8 Å². The van der Waals surface area contributed by atoms with Gasteiger partial charge in [0.15, 0.2) is 0 Å². The molecule has 0 N–H and O–H groups in total. The first-order valence-corrected chi connectivity index (χ1v) is 7.01. The summed E-state index contributed by atoms with van der Waals surface area (Å²) in [5.74, 6) is 0.877. The predicted octanol–water partition coefficient (Wildman–Crippen LogP) is 2.71. The molecular formula is C14H14N4S. The van der Waals surface area contributed by atoms with Gasteiger partial charge in [0.1, 0.15) is 17.2 Å². The molecule has 5 heteroatoms. The van der Waals surface area contributed by atoms with Crippen LogP contribution in [0.25, 0.3) is 0 Å². The number of hydrogen-bond acceptors (Lipinski definition) is 5. The second-order valence-electron chi connectivity index (χ2n) is 4.09. The number of anilines is 1. The first-order valence-electron chi connectivity index (χ1n) is 5.79. The number of rotatable bonds is 4. The van der Waals surface area contributed by atoms with Gasteiger partial charge < -0.3 is 4.90 Å². The Kier molecular flexibility index (Phi) is 4.37. The highest BCUT2D eigenvalue weighted by Crippen LogP contribution is 2.18. The fourth-order valence-electron chi connectivity index (χ4n) is 1.74. The van der Waals surface area contributed by atoms with E-state index in [1.807, 2.05) is 42.5 Å². The Hall–Kier alpha value is -2.06. The van der Waals surface area contributed by atoms with Gasteiger partial charge in [0.05, 0.1) is 11.6 Å². The van der Waals surface area contributed by atoms with Gasteiger partial charge in [-0.25, -0.2) is 9.97 Å². The first kappa shape index (κ1) is 13.4. The smallest absolute Gasteiger partial charge is 0.133 e. The summed E-state index contributed by atoms with van der Waals surface area (Å²) in [7, 11) is 1.98. The molecule has 19 heavy (non-hydrogen) atoms. The van der Waals surface area contributed by atoms with Crippen LogP contribution in [0.2, 0.25) is 0 Å². The van der Waals surface area contributed by atoms with E-state index in [-0.39, 0.29) is 0 Å². The van der Waals surface area contributed by atoms with E-state index >= 15 is 0 Å². The normalized spacial score (nSPS) is 9.95. The van der Waals surface area contributed by atoms with Crippen LogP contribution < -0.4 is 4.90 Å². The summed E-state index contributed by atoms with van der Waals surface area (Å²) in [4.78, 5) is 10.5. The molecule has 0 unspecified atom stereocenters. The van der Waals surface area contributed by atoms with E-state index in [0.29, 0.717) is 12.1 Å². The molecule has 0 fully saturated rings. The molecule has 0 atom stereocenters. The molecule has 0 spiro atoms. The molecule has 0 aliphatic heterocycles. The van der Waals surface area contributed by atoms with Crippen LogP contribution in [-0.4, -0.2) is 23.3 Å². The quantitative estimate of drug-likeness (QED) is 0.631. The highest BCUT2D eigenvalue weighted by molar-refractivity contribution is 7.98. The lowest BCUT2D eigenvalue weighted by Crippen LogP contribution is -2.17. The van der Waals surface area contributed by atoms with Crippen LogP contribution in [0.3, 0.4) is 0 Å². The third-order valence-electron chi connectivity index (χ3n) is 2.70. The lowest BCUT2D eigenvalue weighted by atomic mass is 10.1. The Bertz CT molecular complexity index is 606. The molecule has 0 saturated carbocycles. The maximum absolute atomic E-state index is 8.89. The average molecular weight is 270 g/mol. The van der Waals surface area contributed by atoms with Gasteiger partial charge in [-0.1, -0.05) is 12.1 Å². The maximum atomic E-state index is 8.89. The van der Waals surface area contributed by atoms with E-state index in [1.54, 1.807) is 24.2 Å². The van der Waals surface area contributed by atoms with Crippen molar-refractivity contribution < 1.29 is 0 Å². The summed E-state index contributed by atoms with van der Waals surface area (Å²) in [5, 5.41) is 9.84. The van der Waals surface area contributed by atoms with E-state index < -0.39 is 0 Å². The minimum absolute atomic E-state index is 0.679. The van der Waals surface area contributed by atoms with Crippen LogP contribution in [0.1, 0.15) is 11.1 Å². The Morgan fingerprint density at radius 2 is 2.16 bits per heavy atom. The summed E-state index contributed by atoms with van der Waals surface area (Å²) in [6.07, 6.45) is 3.56. The standard InChI is InChI=1S/C14H14N4S/c1-18(13-7-14(19-2)17-10-16-13)9-12-5-3-4-11(6-12)8-15/h3-7,10H,9H2,1-2H3. The number of benzene rings is 1. The molecule has 2 aromatic rings. The highest BCUT2D eigenvalue weighted by Gasteiger charge is 2.05. The Morgan fingerprint density at radius 1 is 1.32 bits per heavy atom. The molecule has 0 radical (unpaired) electrons. The monoisotopic (exact) mass is 270 g/mol. The van der Waals surface area contributed by atoms with E-state index in [1.165, 1.54) is 0 Å². The summed E-state index contributed by atoms with van der Waals surface area (Å²) in [6, 6.07) is 11.7. The second-order valence-corrected chi connectivity index (χ2v) is 4.91. The van der Waals surface area contributed by atoms with Crippen molar-refractivity contribution in [3.63, 3.8) is 0 Å². The topological polar surface area (TPSA) is 52.8 Å². The van der Waals surface area contributed by atoms with Gasteiger partial charge >= 0.3 is 0 Å². The van der Waals surface area contributed by atoms with Gasteiger partial charge in [0, 0.05) is 19.7 Å². The summed E-state index contributed by atoms with van der Waals surface area (Å²) in [6.45, 7) is 0.709. The van der Waals surface area contributed by atoms with Crippen LogP contribution in [0.5, 0.6) is 0 Å². The minimum Gasteiger partial charge on any atom is -0.355 e. The maximum Gasteiger partial charge on any atom is 0.133 e. The molecule has 1 aromatic carbocycles. The molecule has 96 valence electrons. The van der Waals surface area contributed by atoms with Gasteiger partial charge in [-0.2, -0.15) is 5.26 Å². The second kappa shape index (κ2) is 6.21. The van der Waals surface area contributed by atoms with Gasteiger partial charge in [0.2, 0.25) is 0 Å². The van der Waals surface area contributed by atoms with Crippen molar-refractivity contribution in [1.82, 2.24) is 9.97 Å². The fraction of sp³-hybridized carbons (Fsp3) is 0.214. The van der Waals surface area contributed by atoms with E-state index in [9.17, 15) is 0 Å². The average Bonchev–Trinajstić information content (AvgIpc) is 2.47. The third-order valence-corrected chi connectivity index (χ3v) is 3.35. The van der Waals surface area contributed by atoms with Crippen LogP contribution in [-0.2, 0) is 6.54 Å². The summed E-state index contributed by atoms with van der Waals surface area (Å²) < 4.78 is 0. The molecule has 0 aliphatic rings.